The number of benzene rings is 3. The number of rotatable bonds is 5. The summed E-state index contributed by atoms with van der Waals surface area (Å²) in [6.07, 6.45) is -4.44. The molecule has 0 atom stereocenters. The van der Waals surface area contributed by atoms with Crippen LogP contribution in [0.4, 0.5) is 30.2 Å². The molecule has 0 aromatic heterocycles. The largest absolute Gasteiger partial charge is 0.416 e. The fourth-order valence-corrected chi connectivity index (χ4v) is 4.07. The number of alkyl halides is 3. The molecule has 164 valence electrons. The molecule has 0 spiro atoms. The van der Waals surface area contributed by atoms with Crippen LogP contribution in [0.3, 0.4) is 0 Å². The van der Waals surface area contributed by atoms with E-state index >= 15 is 0 Å². The van der Waals surface area contributed by atoms with Crippen molar-refractivity contribution >= 4 is 40.4 Å². The number of amides is 1. The van der Waals surface area contributed by atoms with Crippen molar-refractivity contribution < 1.29 is 18.0 Å². The number of hydrazone groups is 1. The van der Waals surface area contributed by atoms with Gasteiger partial charge in [0.25, 0.3) is 5.91 Å². The van der Waals surface area contributed by atoms with Gasteiger partial charge in [-0.2, -0.15) is 18.3 Å². The van der Waals surface area contributed by atoms with Gasteiger partial charge in [-0.1, -0.05) is 36.0 Å². The van der Waals surface area contributed by atoms with Gasteiger partial charge in [0.15, 0.2) is 0 Å². The molecule has 1 heterocycles. The summed E-state index contributed by atoms with van der Waals surface area (Å²) in [4.78, 5) is 14.3. The average Bonchev–Trinajstić information content (AvgIpc) is 2.79. The maximum atomic E-state index is 12.8. The number of anilines is 3. The molecule has 1 aliphatic heterocycles. The van der Waals surface area contributed by atoms with E-state index in [2.05, 4.69) is 27.2 Å². The molecular formula is C23H19F3N4OS. The molecule has 0 fully saturated rings. The Labute approximate surface area is 187 Å². The molecule has 9 heteroatoms. The maximum absolute atomic E-state index is 12.8. The van der Waals surface area contributed by atoms with E-state index in [0.717, 1.165) is 38.9 Å². The fourth-order valence-electron chi connectivity index (χ4n) is 3.10. The van der Waals surface area contributed by atoms with Gasteiger partial charge in [0.05, 0.1) is 29.2 Å². The Kier molecular flexibility index (Phi) is 6.09. The molecule has 0 unspecified atom stereocenters. The van der Waals surface area contributed by atoms with Crippen molar-refractivity contribution in [1.82, 2.24) is 5.43 Å². The molecule has 4 rings (SSSR count). The van der Waals surface area contributed by atoms with Crippen molar-refractivity contribution in [3.63, 3.8) is 0 Å². The number of para-hydroxylation sites is 1. The van der Waals surface area contributed by atoms with Crippen LogP contribution in [0.1, 0.15) is 18.1 Å². The topological polar surface area (TPSA) is 65.5 Å². The van der Waals surface area contributed by atoms with Gasteiger partial charge in [0, 0.05) is 15.5 Å². The van der Waals surface area contributed by atoms with E-state index in [1.807, 2.05) is 36.4 Å². The molecule has 0 bridgehead atoms. The zero-order chi connectivity index (χ0) is 22.7. The summed E-state index contributed by atoms with van der Waals surface area (Å²) in [6, 6.07) is 18.6. The van der Waals surface area contributed by atoms with E-state index < -0.39 is 17.6 Å². The minimum atomic E-state index is -4.44. The van der Waals surface area contributed by atoms with Gasteiger partial charge >= 0.3 is 6.18 Å². The van der Waals surface area contributed by atoms with Gasteiger partial charge in [-0.05, 0) is 55.0 Å². The van der Waals surface area contributed by atoms with Crippen LogP contribution in [0.25, 0.3) is 0 Å². The van der Waals surface area contributed by atoms with E-state index in [-0.39, 0.29) is 12.2 Å². The van der Waals surface area contributed by atoms with Crippen LogP contribution < -0.4 is 16.1 Å². The lowest BCUT2D eigenvalue weighted by atomic mass is 10.1. The first kappa shape index (κ1) is 21.8. The summed E-state index contributed by atoms with van der Waals surface area (Å²) in [6.45, 7) is 1.56. The molecule has 0 saturated heterocycles. The minimum Gasteiger partial charge on any atom is -0.376 e. The minimum absolute atomic E-state index is 0.203. The summed E-state index contributed by atoms with van der Waals surface area (Å²) in [5.74, 6) is -0.470. The van der Waals surface area contributed by atoms with Crippen LogP contribution >= 0.6 is 11.8 Å². The Morgan fingerprint density at radius 3 is 2.59 bits per heavy atom. The molecule has 3 aromatic rings. The third kappa shape index (κ3) is 5.05. The van der Waals surface area contributed by atoms with Gasteiger partial charge in [-0.15, -0.1) is 0 Å². The highest BCUT2D eigenvalue weighted by molar-refractivity contribution is 7.99. The van der Waals surface area contributed by atoms with Crippen LogP contribution in [0.15, 0.2) is 81.6 Å². The molecule has 1 aliphatic rings. The highest BCUT2D eigenvalue weighted by atomic mass is 32.2. The number of carbonyl (C=O) groups is 1. The van der Waals surface area contributed by atoms with E-state index in [9.17, 15) is 18.0 Å². The second kappa shape index (κ2) is 8.96. The van der Waals surface area contributed by atoms with Gasteiger partial charge in [-0.25, -0.2) is 5.43 Å². The second-order valence-electron chi connectivity index (χ2n) is 7.10. The normalized spacial score (nSPS) is 12.9. The number of nitrogens with one attached hydrogen (secondary N) is 3. The quantitative estimate of drug-likeness (QED) is 0.260. The summed E-state index contributed by atoms with van der Waals surface area (Å²) in [5.41, 5.74) is 5.28. The van der Waals surface area contributed by atoms with Gasteiger partial charge in [0.2, 0.25) is 0 Å². The molecule has 3 N–H and O–H groups in total. The number of halogens is 3. The third-order valence-corrected chi connectivity index (χ3v) is 5.92. The molecule has 3 aromatic carbocycles. The summed E-state index contributed by atoms with van der Waals surface area (Å²) in [5, 5.41) is 10.2. The van der Waals surface area contributed by atoms with Crippen molar-refractivity contribution in [3.8, 4) is 0 Å². The lowest BCUT2D eigenvalue weighted by Gasteiger charge is -2.21. The molecule has 5 nitrogen and oxygen atoms in total. The standard InChI is InChI=1S/C23H19F3N4OS/c1-14(15-9-10-21-19(11-15)28-18-7-2-3-8-20(18)32-21)29-30-22(31)13-27-17-6-4-5-16(12-17)23(24,25)26/h2-12,27-28H,13H2,1H3,(H,30,31)/b29-14-. The summed E-state index contributed by atoms with van der Waals surface area (Å²) in [7, 11) is 0. The maximum Gasteiger partial charge on any atom is 0.416 e. The van der Waals surface area contributed by atoms with Crippen molar-refractivity contribution in [2.45, 2.75) is 22.9 Å². The molecule has 1 amide bonds. The van der Waals surface area contributed by atoms with Crippen LogP contribution in [0, 0.1) is 0 Å². The Hall–Kier alpha value is -3.46. The second-order valence-corrected chi connectivity index (χ2v) is 8.18. The molecular weight excluding hydrogens is 437 g/mol. The first-order valence-corrected chi connectivity index (χ1v) is 10.5. The number of hydrogen-bond acceptors (Lipinski definition) is 5. The number of nitrogens with zero attached hydrogens (tertiary/aromatic N) is 1. The van der Waals surface area contributed by atoms with Crippen molar-refractivity contribution in [2.75, 3.05) is 17.2 Å². The van der Waals surface area contributed by atoms with Gasteiger partial charge in [0.1, 0.15) is 0 Å². The Bertz CT molecular complexity index is 1190. The van der Waals surface area contributed by atoms with Crippen LogP contribution in [0.2, 0.25) is 0 Å². The van der Waals surface area contributed by atoms with Crippen LogP contribution in [-0.2, 0) is 11.0 Å². The number of fused-ring (bicyclic) bond motifs is 2. The molecule has 0 saturated carbocycles. The monoisotopic (exact) mass is 456 g/mol. The predicted octanol–water partition coefficient (Wildman–Crippen LogP) is 5.87. The zero-order valence-electron chi connectivity index (χ0n) is 17.0. The molecule has 0 radical (unpaired) electrons. The Morgan fingerprint density at radius 2 is 1.78 bits per heavy atom. The third-order valence-electron chi connectivity index (χ3n) is 4.76. The van der Waals surface area contributed by atoms with Crippen molar-refractivity contribution in [2.24, 2.45) is 5.10 Å². The van der Waals surface area contributed by atoms with Crippen molar-refractivity contribution in [3.05, 3.63) is 77.9 Å². The Balaban J connectivity index is 1.37. The van der Waals surface area contributed by atoms with Gasteiger partial charge < -0.3 is 10.6 Å². The molecule has 32 heavy (non-hydrogen) atoms. The predicted molar refractivity (Wildman–Crippen MR) is 121 cm³/mol. The number of hydrogen-bond donors (Lipinski definition) is 3. The van der Waals surface area contributed by atoms with Crippen LogP contribution in [0.5, 0.6) is 0 Å². The highest BCUT2D eigenvalue weighted by Crippen LogP contribution is 2.44. The fraction of sp³-hybridized carbons (Fsp3) is 0.130. The summed E-state index contributed by atoms with van der Waals surface area (Å²) < 4.78 is 38.4. The smallest absolute Gasteiger partial charge is 0.376 e. The lowest BCUT2D eigenvalue weighted by Crippen LogP contribution is -2.26. The number of carbonyl (C=O) groups excluding carboxylic acids is 1. The first-order chi connectivity index (χ1) is 15.3. The molecule has 0 aliphatic carbocycles. The van der Waals surface area contributed by atoms with Crippen molar-refractivity contribution in [1.29, 1.82) is 0 Å². The van der Waals surface area contributed by atoms with E-state index in [4.69, 9.17) is 0 Å². The highest BCUT2D eigenvalue weighted by Gasteiger charge is 2.30. The first-order valence-electron chi connectivity index (χ1n) is 9.72. The van der Waals surface area contributed by atoms with Crippen LogP contribution in [-0.4, -0.2) is 18.2 Å². The SMILES string of the molecule is C/C(=N/NC(=O)CNc1cccc(C(F)(F)F)c1)c1ccc2c(c1)Nc1ccccc1S2. The van der Waals surface area contributed by atoms with Gasteiger partial charge in [-0.3, -0.25) is 4.79 Å². The van der Waals surface area contributed by atoms with E-state index in [0.29, 0.717) is 5.71 Å². The average molecular weight is 456 g/mol. The lowest BCUT2D eigenvalue weighted by molar-refractivity contribution is -0.137. The summed E-state index contributed by atoms with van der Waals surface area (Å²) >= 11 is 1.68. The van der Waals surface area contributed by atoms with E-state index in [1.165, 1.54) is 12.1 Å². The Morgan fingerprint density at radius 1 is 1.00 bits per heavy atom. The zero-order valence-corrected chi connectivity index (χ0v) is 17.8. The van der Waals surface area contributed by atoms with E-state index in [1.54, 1.807) is 18.7 Å².